The van der Waals surface area contributed by atoms with Crippen molar-refractivity contribution in [3.63, 3.8) is 0 Å². The molecule has 78 valence electrons. The molecule has 1 atom stereocenters. The predicted octanol–water partition coefficient (Wildman–Crippen LogP) is 3.02. The standard InChI is InChI=1S/C11H22OSe/c1-3-4-5-6-7-10(12)11(13-2)8-9-11/h10,12H,3-9H2,1-2H3. The van der Waals surface area contributed by atoms with Gasteiger partial charge in [-0.2, -0.15) is 0 Å². The second kappa shape index (κ2) is 5.38. The molecule has 1 saturated carbocycles. The van der Waals surface area contributed by atoms with Crippen molar-refractivity contribution >= 4 is 15.0 Å². The summed E-state index contributed by atoms with van der Waals surface area (Å²) in [6, 6.07) is 0. The summed E-state index contributed by atoms with van der Waals surface area (Å²) in [5.74, 6) is 2.27. The summed E-state index contributed by atoms with van der Waals surface area (Å²) in [6.45, 7) is 2.23. The van der Waals surface area contributed by atoms with Crippen LogP contribution in [-0.2, 0) is 0 Å². The number of hydrogen-bond donors (Lipinski definition) is 1. The Kier molecular flexibility index (Phi) is 4.78. The summed E-state index contributed by atoms with van der Waals surface area (Å²) in [5, 5.41) is 9.95. The fourth-order valence-electron chi connectivity index (χ4n) is 1.82. The molecule has 1 unspecified atom stereocenters. The van der Waals surface area contributed by atoms with Crippen molar-refractivity contribution in [2.24, 2.45) is 0 Å². The molecular weight excluding hydrogens is 227 g/mol. The second-order valence-electron chi connectivity index (χ2n) is 4.13. The van der Waals surface area contributed by atoms with Crippen LogP contribution in [0.2, 0.25) is 10.1 Å². The van der Waals surface area contributed by atoms with Gasteiger partial charge in [-0.25, -0.2) is 0 Å². The molecule has 0 bridgehead atoms. The van der Waals surface area contributed by atoms with E-state index in [1.807, 2.05) is 0 Å². The molecule has 0 aromatic carbocycles. The average Bonchev–Trinajstić information content (AvgIpc) is 2.93. The molecule has 1 fully saturated rings. The van der Waals surface area contributed by atoms with Crippen LogP contribution in [0.4, 0.5) is 0 Å². The van der Waals surface area contributed by atoms with Crippen LogP contribution >= 0.6 is 0 Å². The summed E-state index contributed by atoms with van der Waals surface area (Å²) >= 11 is 0.650. The molecule has 0 aliphatic heterocycles. The van der Waals surface area contributed by atoms with E-state index in [9.17, 15) is 5.11 Å². The molecule has 0 saturated heterocycles. The zero-order valence-corrected chi connectivity index (χ0v) is 10.6. The Morgan fingerprint density at radius 1 is 1.31 bits per heavy atom. The van der Waals surface area contributed by atoms with Gasteiger partial charge >= 0.3 is 88.2 Å². The molecule has 1 nitrogen and oxygen atoms in total. The first-order valence-electron chi connectivity index (χ1n) is 5.48. The third-order valence-electron chi connectivity index (χ3n) is 3.09. The second-order valence-corrected chi connectivity index (χ2v) is 6.70. The van der Waals surface area contributed by atoms with Crippen LogP contribution in [0.15, 0.2) is 0 Å². The van der Waals surface area contributed by atoms with Gasteiger partial charge in [0.05, 0.1) is 0 Å². The van der Waals surface area contributed by atoms with Crippen molar-refractivity contribution in [2.45, 2.75) is 68.1 Å². The van der Waals surface area contributed by atoms with Gasteiger partial charge in [0.1, 0.15) is 0 Å². The van der Waals surface area contributed by atoms with Crippen molar-refractivity contribution in [3.05, 3.63) is 0 Å². The fraction of sp³-hybridized carbons (Fsp3) is 1.00. The maximum absolute atomic E-state index is 9.95. The number of unbranched alkanes of at least 4 members (excludes halogenated alkanes) is 3. The van der Waals surface area contributed by atoms with Crippen LogP contribution in [0.25, 0.3) is 0 Å². The van der Waals surface area contributed by atoms with Gasteiger partial charge in [-0.1, -0.05) is 0 Å². The van der Waals surface area contributed by atoms with Crippen LogP contribution in [-0.4, -0.2) is 26.2 Å². The third-order valence-corrected chi connectivity index (χ3v) is 6.22. The molecule has 1 aliphatic rings. The van der Waals surface area contributed by atoms with Crippen molar-refractivity contribution in [3.8, 4) is 0 Å². The number of rotatable bonds is 7. The van der Waals surface area contributed by atoms with Crippen molar-refractivity contribution < 1.29 is 5.11 Å². The Hall–Kier alpha value is 0.479. The molecule has 0 amide bonds. The SMILES string of the molecule is CCCCCCC(O)C1([Se]C)CC1. The molecule has 0 aromatic heterocycles. The van der Waals surface area contributed by atoms with Crippen molar-refractivity contribution in [1.82, 2.24) is 0 Å². The molecule has 0 aromatic rings. The molecule has 2 heteroatoms. The first kappa shape index (κ1) is 11.6. The Morgan fingerprint density at radius 2 is 2.00 bits per heavy atom. The summed E-state index contributed by atoms with van der Waals surface area (Å²) < 4.78 is 0.416. The Morgan fingerprint density at radius 3 is 2.46 bits per heavy atom. The van der Waals surface area contributed by atoms with Crippen LogP contribution in [0.3, 0.4) is 0 Å². The third kappa shape index (κ3) is 3.27. The van der Waals surface area contributed by atoms with Gasteiger partial charge in [-0.3, -0.25) is 0 Å². The van der Waals surface area contributed by atoms with Gasteiger partial charge in [0.2, 0.25) is 0 Å². The Bertz CT molecular complexity index is 143. The van der Waals surface area contributed by atoms with E-state index in [0.717, 1.165) is 6.42 Å². The maximum atomic E-state index is 9.95. The van der Waals surface area contributed by atoms with E-state index in [4.69, 9.17) is 0 Å². The van der Waals surface area contributed by atoms with E-state index >= 15 is 0 Å². The number of aliphatic hydroxyl groups excluding tert-OH is 1. The molecule has 0 radical (unpaired) electrons. The summed E-state index contributed by atoms with van der Waals surface area (Å²) in [6.07, 6.45) is 8.81. The van der Waals surface area contributed by atoms with Crippen LogP contribution < -0.4 is 0 Å². The Balaban J connectivity index is 2.07. The fourth-order valence-corrected chi connectivity index (χ4v) is 3.71. The van der Waals surface area contributed by atoms with Crippen molar-refractivity contribution in [2.75, 3.05) is 0 Å². The topological polar surface area (TPSA) is 20.2 Å². The minimum atomic E-state index is 0.0226. The van der Waals surface area contributed by atoms with Crippen molar-refractivity contribution in [1.29, 1.82) is 0 Å². The number of hydrogen-bond acceptors (Lipinski definition) is 1. The van der Waals surface area contributed by atoms with Gasteiger partial charge < -0.3 is 0 Å². The zero-order chi connectivity index (χ0) is 9.73. The predicted molar refractivity (Wildman–Crippen MR) is 58.3 cm³/mol. The minimum absolute atomic E-state index is 0.0226. The normalized spacial score (nSPS) is 21.5. The summed E-state index contributed by atoms with van der Waals surface area (Å²) in [5.41, 5.74) is 0. The molecule has 0 heterocycles. The first-order valence-corrected chi connectivity index (χ1v) is 8.05. The number of aliphatic hydroxyl groups is 1. The molecule has 1 rings (SSSR count). The van der Waals surface area contributed by atoms with Gasteiger partial charge in [0, 0.05) is 0 Å². The van der Waals surface area contributed by atoms with Crippen LogP contribution in [0.5, 0.6) is 0 Å². The first-order chi connectivity index (χ1) is 6.25. The van der Waals surface area contributed by atoms with E-state index in [0.29, 0.717) is 19.3 Å². The van der Waals surface area contributed by atoms with Crippen LogP contribution in [0, 0.1) is 0 Å². The van der Waals surface area contributed by atoms with E-state index in [1.54, 1.807) is 0 Å². The summed E-state index contributed by atoms with van der Waals surface area (Å²) in [4.78, 5) is 0. The zero-order valence-electron chi connectivity index (χ0n) is 8.88. The monoisotopic (exact) mass is 250 g/mol. The van der Waals surface area contributed by atoms with Gasteiger partial charge in [0.25, 0.3) is 0 Å². The van der Waals surface area contributed by atoms with E-state index in [2.05, 4.69) is 12.7 Å². The Labute approximate surface area is 88.5 Å². The molecule has 1 aliphatic carbocycles. The van der Waals surface area contributed by atoms with E-state index < -0.39 is 0 Å². The van der Waals surface area contributed by atoms with Gasteiger partial charge in [-0.15, -0.1) is 0 Å². The molecule has 0 spiro atoms. The van der Waals surface area contributed by atoms with E-state index in [1.165, 1.54) is 38.5 Å². The summed E-state index contributed by atoms with van der Waals surface area (Å²) in [7, 11) is 0. The van der Waals surface area contributed by atoms with Gasteiger partial charge in [0.15, 0.2) is 0 Å². The van der Waals surface area contributed by atoms with E-state index in [-0.39, 0.29) is 6.10 Å². The molecule has 1 N–H and O–H groups in total. The van der Waals surface area contributed by atoms with Gasteiger partial charge in [-0.05, 0) is 0 Å². The molecule has 13 heavy (non-hydrogen) atoms. The average molecular weight is 249 g/mol. The molecular formula is C11H22OSe. The van der Waals surface area contributed by atoms with Crippen LogP contribution in [0.1, 0.15) is 51.9 Å². The quantitative estimate of drug-likeness (QED) is 0.543.